The van der Waals surface area contributed by atoms with E-state index in [1.165, 1.54) is 26.3 Å². The summed E-state index contributed by atoms with van der Waals surface area (Å²) < 4.78 is 37.5. The molecule has 1 saturated heterocycles. The average molecular weight is 631 g/mol. The summed E-state index contributed by atoms with van der Waals surface area (Å²) in [5.41, 5.74) is 0.459. The number of nitrogens with zero attached hydrogens (tertiary/aromatic N) is 1. The summed E-state index contributed by atoms with van der Waals surface area (Å²) in [5.74, 6) is -5.49. The van der Waals surface area contributed by atoms with E-state index in [-0.39, 0.29) is 30.2 Å². The predicted octanol–water partition coefficient (Wildman–Crippen LogP) is 2.02. The Balaban J connectivity index is 1.82. The number of methoxy groups -OCH3 is 1. The highest BCUT2D eigenvalue weighted by molar-refractivity contribution is 5.98. The molecule has 4 atom stereocenters. The zero-order chi connectivity index (χ0) is 32.9. The molecule has 1 fully saturated rings. The second-order valence-electron chi connectivity index (χ2n) is 10.3. The van der Waals surface area contributed by atoms with Crippen molar-refractivity contribution in [3.8, 4) is 11.5 Å². The second-order valence-corrected chi connectivity index (χ2v) is 10.3. The van der Waals surface area contributed by atoms with Crippen LogP contribution >= 0.6 is 0 Å². The van der Waals surface area contributed by atoms with Crippen LogP contribution in [0.1, 0.15) is 43.7 Å². The fraction of sp³-hybridized carbons (Fsp3) is 0.484. The lowest BCUT2D eigenvalue weighted by atomic mass is 9.91. The van der Waals surface area contributed by atoms with E-state index >= 15 is 0 Å². The Morgan fingerprint density at radius 1 is 1.09 bits per heavy atom. The van der Waals surface area contributed by atoms with Gasteiger partial charge in [0.1, 0.15) is 25.2 Å². The van der Waals surface area contributed by atoms with Gasteiger partial charge in [-0.2, -0.15) is 0 Å². The molecule has 14 heteroatoms. The molecule has 3 rings (SSSR count). The molecule has 1 aliphatic rings. The molecule has 1 N–H and O–H groups in total. The van der Waals surface area contributed by atoms with Crippen LogP contribution in [-0.4, -0.2) is 86.7 Å². The van der Waals surface area contributed by atoms with Crippen molar-refractivity contribution in [2.75, 3.05) is 33.7 Å². The van der Waals surface area contributed by atoms with Crippen LogP contribution in [0.2, 0.25) is 0 Å². The van der Waals surface area contributed by atoms with Gasteiger partial charge in [0.05, 0.1) is 13.0 Å². The Morgan fingerprint density at radius 2 is 1.82 bits per heavy atom. The maximum atomic E-state index is 13.4. The number of carbonyl (C=O) groups is 5. The van der Waals surface area contributed by atoms with Crippen molar-refractivity contribution in [1.82, 2.24) is 10.3 Å². The molecule has 2 heterocycles. The molecule has 0 radical (unpaired) electrons. The smallest absolute Gasteiger partial charge is 0.334 e. The molecule has 244 valence electrons. The van der Waals surface area contributed by atoms with Crippen LogP contribution < -0.4 is 14.8 Å². The van der Waals surface area contributed by atoms with Crippen molar-refractivity contribution in [2.24, 2.45) is 11.8 Å². The van der Waals surface area contributed by atoms with Crippen molar-refractivity contribution in [3.05, 3.63) is 53.9 Å². The number of rotatable bonds is 13. The first-order valence-electron chi connectivity index (χ1n) is 14.4. The van der Waals surface area contributed by atoms with E-state index in [1.54, 1.807) is 32.9 Å². The summed E-state index contributed by atoms with van der Waals surface area (Å²) in [4.78, 5) is 68.5. The highest BCUT2D eigenvalue weighted by Gasteiger charge is 2.42. The van der Waals surface area contributed by atoms with Gasteiger partial charge >= 0.3 is 23.9 Å². The quantitative estimate of drug-likeness (QED) is 0.194. The molecule has 14 nitrogen and oxygen atoms in total. The fourth-order valence-corrected chi connectivity index (χ4v) is 4.25. The van der Waals surface area contributed by atoms with Gasteiger partial charge in [-0.05, 0) is 25.8 Å². The third-order valence-corrected chi connectivity index (χ3v) is 6.62. The minimum Gasteiger partial charge on any atom is -0.493 e. The molecule has 1 amide bonds. The van der Waals surface area contributed by atoms with Crippen molar-refractivity contribution < 1.29 is 57.1 Å². The van der Waals surface area contributed by atoms with Gasteiger partial charge < -0.3 is 38.5 Å². The molecule has 1 unspecified atom stereocenters. The number of hydrogen-bond acceptors (Lipinski definition) is 13. The number of nitrogens with one attached hydrogen (secondary N) is 1. The van der Waals surface area contributed by atoms with Gasteiger partial charge in [0.15, 0.2) is 29.3 Å². The van der Waals surface area contributed by atoms with E-state index in [0.717, 1.165) is 5.56 Å². The Morgan fingerprint density at radius 3 is 2.49 bits per heavy atom. The Bertz CT molecular complexity index is 1330. The predicted molar refractivity (Wildman–Crippen MR) is 155 cm³/mol. The van der Waals surface area contributed by atoms with Crippen molar-refractivity contribution in [3.63, 3.8) is 0 Å². The molecule has 1 aliphatic heterocycles. The third kappa shape index (κ3) is 9.89. The topological polar surface area (TPSA) is 175 Å². The van der Waals surface area contributed by atoms with Crippen molar-refractivity contribution in [1.29, 1.82) is 0 Å². The first-order chi connectivity index (χ1) is 21.5. The van der Waals surface area contributed by atoms with Gasteiger partial charge in [0.2, 0.25) is 6.79 Å². The van der Waals surface area contributed by atoms with Gasteiger partial charge in [-0.15, -0.1) is 0 Å². The molecule has 0 spiro atoms. The largest absolute Gasteiger partial charge is 0.493 e. The molecular weight excluding hydrogens is 592 g/mol. The molecule has 0 bridgehead atoms. The van der Waals surface area contributed by atoms with Crippen LogP contribution in [0.5, 0.6) is 11.5 Å². The summed E-state index contributed by atoms with van der Waals surface area (Å²) in [6, 6.07) is 8.98. The van der Waals surface area contributed by atoms with Gasteiger partial charge in [-0.1, -0.05) is 44.2 Å². The fourth-order valence-electron chi connectivity index (χ4n) is 4.25. The van der Waals surface area contributed by atoms with E-state index in [2.05, 4.69) is 10.3 Å². The van der Waals surface area contributed by atoms with Crippen LogP contribution in [0, 0.1) is 11.8 Å². The van der Waals surface area contributed by atoms with Crippen molar-refractivity contribution >= 4 is 29.8 Å². The molecule has 2 aromatic rings. The SMILES string of the molecule is CCOCC(=O)OCOc1c(OC)ccnc1C(=O)N[C@H]1COC(=O)[C@H](Cc2ccccc2)[C@@H](OC(=O)C(C)C)C(C)OC1=O. The molecular formula is C31H38N2O12. The number of benzene rings is 1. The minimum atomic E-state index is -1.47. The van der Waals surface area contributed by atoms with E-state index in [9.17, 15) is 24.0 Å². The number of ether oxygens (including phenoxy) is 7. The van der Waals surface area contributed by atoms with E-state index in [0.29, 0.717) is 6.61 Å². The van der Waals surface area contributed by atoms with E-state index in [1.807, 2.05) is 18.2 Å². The lowest BCUT2D eigenvalue weighted by Gasteiger charge is -2.29. The summed E-state index contributed by atoms with van der Waals surface area (Å²) in [6.45, 7) is 5.34. The Kier molecular flexibility index (Phi) is 13.1. The standard InChI is InChI=1S/C31H38N2O12/c1-6-40-16-24(34)42-17-43-27-23(39-5)12-13-32-25(27)28(35)33-22-15-41-30(37)21(14-20-10-8-7-9-11-20)26(19(4)44-31(22)38)45-29(36)18(2)3/h7-13,18-19,21-22,26H,6,14-17H2,1-5H3,(H,33,35)/t19?,21-,22+,26+/m1/s1. The van der Waals surface area contributed by atoms with Crippen LogP contribution in [0.3, 0.4) is 0 Å². The van der Waals surface area contributed by atoms with Crippen LogP contribution in [0.25, 0.3) is 0 Å². The minimum absolute atomic E-state index is 0.0895. The molecule has 0 saturated carbocycles. The molecule has 45 heavy (non-hydrogen) atoms. The summed E-state index contributed by atoms with van der Waals surface area (Å²) in [7, 11) is 1.33. The molecule has 1 aromatic carbocycles. The van der Waals surface area contributed by atoms with Gasteiger partial charge in [0.25, 0.3) is 5.91 Å². The van der Waals surface area contributed by atoms with Crippen LogP contribution in [0.4, 0.5) is 0 Å². The number of hydrogen-bond donors (Lipinski definition) is 1. The normalized spacial score (nSPS) is 20.0. The number of aromatic nitrogens is 1. The highest BCUT2D eigenvalue weighted by atomic mass is 16.7. The Hall–Kier alpha value is -4.72. The number of amides is 1. The van der Waals surface area contributed by atoms with Gasteiger partial charge in [-0.25, -0.2) is 14.6 Å². The van der Waals surface area contributed by atoms with Gasteiger partial charge in [-0.3, -0.25) is 14.4 Å². The number of pyridine rings is 1. The first-order valence-corrected chi connectivity index (χ1v) is 14.4. The van der Waals surface area contributed by atoms with Crippen LogP contribution in [0.15, 0.2) is 42.6 Å². The lowest BCUT2D eigenvalue weighted by Crippen LogP contribution is -2.47. The average Bonchev–Trinajstić information content (AvgIpc) is 3.06. The molecule has 0 aliphatic carbocycles. The maximum Gasteiger partial charge on any atom is 0.334 e. The van der Waals surface area contributed by atoms with Gasteiger partial charge in [0, 0.05) is 18.9 Å². The summed E-state index contributed by atoms with van der Waals surface area (Å²) in [5, 5.41) is 2.45. The highest BCUT2D eigenvalue weighted by Crippen LogP contribution is 2.30. The zero-order valence-electron chi connectivity index (χ0n) is 25.8. The molecule has 1 aromatic heterocycles. The third-order valence-electron chi connectivity index (χ3n) is 6.62. The number of carbonyl (C=O) groups excluding carboxylic acids is 5. The summed E-state index contributed by atoms with van der Waals surface area (Å²) in [6.07, 6.45) is -0.846. The first kappa shape index (κ1) is 34.8. The number of cyclic esters (lactones) is 2. The van der Waals surface area contributed by atoms with Crippen molar-refractivity contribution in [2.45, 2.75) is 52.4 Å². The number of esters is 4. The maximum absolute atomic E-state index is 13.4. The van der Waals surface area contributed by atoms with E-state index in [4.69, 9.17) is 33.2 Å². The second kappa shape index (κ2) is 16.9. The lowest BCUT2D eigenvalue weighted by molar-refractivity contribution is -0.176. The summed E-state index contributed by atoms with van der Waals surface area (Å²) >= 11 is 0. The monoisotopic (exact) mass is 630 g/mol. The Labute approximate surface area is 260 Å². The zero-order valence-corrected chi connectivity index (χ0v) is 25.8. The van der Waals surface area contributed by atoms with Crippen LogP contribution in [-0.2, 0) is 49.3 Å². The van der Waals surface area contributed by atoms with E-state index < -0.39 is 73.3 Å².